The van der Waals surface area contributed by atoms with Crippen LogP contribution < -0.4 is 0 Å². The van der Waals surface area contributed by atoms with Gasteiger partial charge in [-0.25, -0.2) is 0 Å². The SMILES string of the molecule is COC1CC(OC2CC[C@@]3(C)[C@H](CC[C@@]45O[C@@]46CC[C@H](C(C)=O)[C@@]6(C)C(OC(C)=O)C(OC(C)=O)[C@@H]35)C2)OC(C)C1OC1OC(C)C(O)C(OC)C1O. The number of hydrogen-bond donors (Lipinski definition) is 2. The molecule has 12 unspecified atom stereocenters. The summed E-state index contributed by atoms with van der Waals surface area (Å²) in [6, 6.07) is 0. The molecule has 0 amide bonds. The van der Waals surface area contributed by atoms with Crippen LogP contribution in [0.4, 0.5) is 0 Å². The van der Waals surface area contributed by atoms with Crippen LogP contribution in [0.15, 0.2) is 0 Å². The van der Waals surface area contributed by atoms with Crippen molar-refractivity contribution in [3.63, 3.8) is 0 Å². The zero-order valence-electron chi connectivity index (χ0n) is 32.6. The maximum Gasteiger partial charge on any atom is 0.303 e. The number of epoxide rings is 1. The van der Waals surface area contributed by atoms with E-state index in [2.05, 4.69) is 6.92 Å². The van der Waals surface area contributed by atoms with Gasteiger partial charge < -0.3 is 52.8 Å². The number of fused-ring (bicyclic) bond motifs is 2. The third-order valence-corrected chi connectivity index (χ3v) is 14.9. The molecular weight excluding hydrogens is 692 g/mol. The molecule has 7 aliphatic rings. The van der Waals surface area contributed by atoms with Gasteiger partial charge in [0.05, 0.1) is 24.4 Å². The zero-order chi connectivity index (χ0) is 38.4. The van der Waals surface area contributed by atoms with Crippen molar-refractivity contribution in [3.8, 4) is 0 Å². The van der Waals surface area contributed by atoms with Gasteiger partial charge in [-0.2, -0.15) is 0 Å². The summed E-state index contributed by atoms with van der Waals surface area (Å²) < 4.78 is 55.8. The van der Waals surface area contributed by atoms with Crippen molar-refractivity contribution in [1.82, 2.24) is 0 Å². The molecule has 0 radical (unpaired) electrons. The lowest BCUT2D eigenvalue weighted by Gasteiger charge is -2.61. The molecule has 3 aliphatic heterocycles. The first-order chi connectivity index (χ1) is 25.0. The molecule has 4 saturated carbocycles. The van der Waals surface area contributed by atoms with Crippen molar-refractivity contribution < 1.29 is 67.2 Å². The van der Waals surface area contributed by atoms with E-state index in [9.17, 15) is 24.6 Å². The third kappa shape index (κ3) is 5.95. The van der Waals surface area contributed by atoms with Crippen LogP contribution in [0.1, 0.15) is 99.8 Å². The van der Waals surface area contributed by atoms with Gasteiger partial charge in [0.25, 0.3) is 0 Å². The van der Waals surface area contributed by atoms with Gasteiger partial charge in [0.1, 0.15) is 53.6 Å². The summed E-state index contributed by atoms with van der Waals surface area (Å²) >= 11 is 0. The van der Waals surface area contributed by atoms with Crippen LogP contribution in [-0.2, 0) is 57.0 Å². The molecular formula is C39H60O14. The highest BCUT2D eigenvalue weighted by molar-refractivity contribution is 5.81. The Morgan fingerprint density at radius 1 is 0.755 bits per heavy atom. The van der Waals surface area contributed by atoms with Crippen molar-refractivity contribution in [3.05, 3.63) is 0 Å². The van der Waals surface area contributed by atoms with Crippen molar-refractivity contribution >= 4 is 17.7 Å². The smallest absolute Gasteiger partial charge is 0.303 e. The maximum atomic E-state index is 13.1. The van der Waals surface area contributed by atoms with E-state index in [-0.39, 0.29) is 35.1 Å². The lowest BCUT2D eigenvalue weighted by molar-refractivity contribution is -0.343. The van der Waals surface area contributed by atoms with E-state index < -0.39 is 96.1 Å². The Hall–Kier alpha value is -1.75. The van der Waals surface area contributed by atoms with E-state index in [0.717, 1.165) is 32.1 Å². The Balaban J connectivity index is 1.07. The van der Waals surface area contributed by atoms with Crippen LogP contribution in [-0.4, -0.2) is 127 Å². The molecule has 300 valence electrons. The average Bonchev–Trinajstić information content (AvgIpc) is 3.63. The van der Waals surface area contributed by atoms with E-state index >= 15 is 0 Å². The van der Waals surface area contributed by atoms with E-state index in [0.29, 0.717) is 19.3 Å². The summed E-state index contributed by atoms with van der Waals surface area (Å²) in [7, 11) is 3.03. The molecule has 14 heteroatoms. The zero-order valence-corrected chi connectivity index (χ0v) is 32.6. The van der Waals surface area contributed by atoms with Crippen LogP contribution in [0.2, 0.25) is 0 Å². The number of methoxy groups -OCH3 is 2. The van der Waals surface area contributed by atoms with Gasteiger partial charge in [-0.1, -0.05) is 13.8 Å². The first kappa shape index (κ1) is 39.5. The number of ether oxygens (including phenoxy) is 9. The van der Waals surface area contributed by atoms with Crippen LogP contribution in [0, 0.1) is 28.6 Å². The van der Waals surface area contributed by atoms with Gasteiger partial charge >= 0.3 is 11.9 Å². The number of esters is 2. The highest BCUT2D eigenvalue weighted by Crippen LogP contribution is 2.81. The largest absolute Gasteiger partial charge is 0.458 e. The molecule has 2 N–H and O–H groups in total. The fourth-order valence-corrected chi connectivity index (χ4v) is 12.5. The van der Waals surface area contributed by atoms with Gasteiger partial charge in [-0.05, 0) is 77.0 Å². The molecule has 2 spiro atoms. The second kappa shape index (κ2) is 14.0. The second-order valence-corrected chi connectivity index (χ2v) is 17.4. The molecule has 14 nitrogen and oxygen atoms in total. The van der Waals surface area contributed by atoms with Crippen molar-refractivity contribution in [1.29, 1.82) is 0 Å². The minimum atomic E-state index is -1.21. The number of aliphatic hydroxyl groups excluding tert-OH is 2. The number of carbonyl (C=O) groups excluding carboxylic acids is 3. The summed E-state index contributed by atoms with van der Waals surface area (Å²) in [5.41, 5.74) is -2.37. The molecule has 4 aliphatic carbocycles. The Morgan fingerprint density at radius 2 is 1.47 bits per heavy atom. The van der Waals surface area contributed by atoms with E-state index in [1.165, 1.54) is 21.0 Å². The molecule has 3 saturated heterocycles. The summed E-state index contributed by atoms with van der Waals surface area (Å²) in [5.74, 6) is -1.30. The molecule has 0 aromatic carbocycles. The first-order valence-corrected chi connectivity index (χ1v) is 19.6. The lowest BCUT2D eigenvalue weighted by Crippen LogP contribution is -2.70. The summed E-state index contributed by atoms with van der Waals surface area (Å²) in [6.45, 7) is 12.2. The van der Waals surface area contributed by atoms with Crippen LogP contribution in [0.25, 0.3) is 0 Å². The van der Waals surface area contributed by atoms with Crippen LogP contribution in [0.3, 0.4) is 0 Å². The van der Waals surface area contributed by atoms with Crippen molar-refractivity contribution in [2.24, 2.45) is 28.6 Å². The number of aliphatic hydroxyl groups is 2. The average molecular weight is 753 g/mol. The number of carbonyl (C=O) groups is 3. The molecule has 0 bridgehead atoms. The minimum absolute atomic E-state index is 0.0340. The van der Waals surface area contributed by atoms with Gasteiger partial charge in [0.15, 0.2) is 12.6 Å². The number of rotatable bonds is 9. The van der Waals surface area contributed by atoms with Crippen molar-refractivity contribution in [2.45, 2.75) is 185 Å². The summed E-state index contributed by atoms with van der Waals surface area (Å²) in [4.78, 5) is 38.6. The van der Waals surface area contributed by atoms with Crippen LogP contribution in [0.5, 0.6) is 0 Å². The highest BCUT2D eigenvalue weighted by Gasteiger charge is 2.91. The molecule has 0 aromatic rings. The topological polar surface area (TPSA) is 178 Å². The first-order valence-electron chi connectivity index (χ1n) is 19.6. The van der Waals surface area contributed by atoms with Crippen molar-refractivity contribution in [2.75, 3.05) is 14.2 Å². The molecule has 19 atom stereocenters. The number of hydrogen-bond acceptors (Lipinski definition) is 14. The Kier molecular flexibility index (Phi) is 10.4. The lowest BCUT2D eigenvalue weighted by atomic mass is 9.43. The van der Waals surface area contributed by atoms with E-state index in [1.54, 1.807) is 21.0 Å². The molecule has 0 aromatic heterocycles. The van der Waals surface area contributed by atoms with Gasteiger partial charge in [0.2, 0.25) is 0 Å². The van der Waals surface area contributed by atoms with E-state index in [4.69, 9.17) is 42.6 Å². The molecule has 7 rings (SSSR count). The highest BCUT2D eigenvalue weighted by atomic mass is 16.7. The van der Waals surface area contributed by atoms with E-state index in [1.807, 2.05) is 13.8 Å². The fourth-order valence-electron chi connectivity index (χ4n) is 12.5. The van der Waals surface area contributed by atoms with Crippen LogP contribution >= 0.6 is 0 Å². The maximum absolute atomic E-state index is 13.1. The third-order valence-electron chi connectivity index (χ3n) is 14.9. The Bertz CT molecular complexity index is 1430. The summed E-state index contributed by atoms with van der Waals surface area (Å²) in [5, 5.41) is 21.3. The minimum Gasteiger partial charge on any atom is -0.458 e. The van der Waals surface area contributed by atoms with Gasteiger partial charge in [-0.3, -0.25) is 14.4 Å². The Labute approximate surface area is 312 Å². The predicted octanol–water partition coefficient (Wildman–Crippen LogP) is 2.99. The molecule has 3 heterocycles. The van der Waals surface area contributed by atoms with Gasteiger partial charge in [-0.15, -0.1) is 0 Å². The fraction of sp³-hybridized carbons (Fsp3) is 0.923. The predicted molar refractivity (Wildman–Crippen MR) is 184 cm³/mol. The second-order valence-electron chi connectivity index (χ2n) is 17.4. The molecule has 53 heavy (non-hydrogen) atoms. The normalized spacial score (nSPS) is 53.0. The number of Topliss-reactive ketones (excluding diaryl/α,β-unsaturated/α-hetero) is 1. The quantitative estimate of drug-likeness (QED) is 0.200. The standard InChI is InChI=1S/C39H60O14/c1-18(40)25-12-15-39-37(25,7)34(50-22(5)42)32(49-21(4)41)33-36(6)13-11-24(16-23(36)10-14-38(33,39)53-39)51-27-17-26(45-8)30(20(3)47-27)52-35-29(44)31(46-9)28(43)19(2)48-35/h19-20,23-35,43-44H,10-17H2,1-9H3/t19?,20?,23-,24?,25-,26?,27?,28?,29?,30?,31?,32?,33+,34?,35?,36+,37+,38+,39-/m1/s1. The Morgan fingerprint density at radius 3 is 2.11 bits per heavy atom. The van der Waals surface area contributed by atoms with Gasteiger partial charge in [0, 0.05) is 51.7 Å². The summed E-state index contributed by atoms with van der Waals surface area (Å²) in [6.07, 6.45) is -2.79. The monoisotopic (exact) mass is 752 g/mol. The molecule has 7 fully saturated rings. The number of ketones is 1.